The summed E-state index contributed by atoms with van der Waals surface area (Å²) >= 11 is 2.72. The van der Waals surface area contributed by atoms with Gasteiger partial charge < -0.3 is 9.84 Å². The van der Waals surface area contributed by atoms with E-state index in [9.17, 15) is 14.7 Å². The second-order valence-corrected chi connectivity index (χ2v) is 9.36. The standard InChI is InChI=1S/C26H19NO4S2/c28-24(21-9-5-15-33-21)22-23(20-8-4-14-32-20)27(26(30)25(22)29)18-10-12-19(13-11-18)31-16-17-6-2-1-3-7-17/h1-15,23,29H,16H2. The van der Waals surface area contributed by atoms with Gasteiger partial charge in [-0.25, -0.2) is 0 Å². The van der Waals surface area contributed by atoms with Crippen molar-refractivity contribution in [3.8, 4) is 5.75 Å². The normalized spacial score (nSPS) is 15.8. The molecule has 5 nitrogen and oxygen atoms in total. The number of aliphatic hydroxyl groups is 1. The molecule has 2 aromatic heterocycles. The van der Waals surface area contributed by atoms with Crippen molar-refractivity contribution < 1.29 is 19.4 Å². The third-order valence-corrected chi connectivity index (χ3v) is 7.17. The maximum atomic E-state index is 13.2. The summed E-state index contributed by atoms with van der Waals surface area (Å²) in [5, 5.41) is 14.4. The van der Waals surface area contributed by atoms with Gasteiger partial charge in [0.2, 0.25) is 5.78 Å². The molecule has 0 spiro atoms. The number of Topliss-reactive ketones (excluding diaryl/α,β-unsaturated/α-hetero) is 1. The van der Waals surface area contributed by atoms with Crippen LogP contribution in [-0.2, 0) is 11.4 Å². The molecular formula is C26H19NO4S2. The van der Waals surface area contributed by atoms with Crippen LogP contribution < -0.4 is 9.64 Å². The molecular weight excluding hydrogens is 454 g/mol. The van der Waals surface area contributed by atoms with Gasteiger partial charge in [0.1, 0.15) is 18.4 Å². The summed E-state index contributed by atoms with van der Waals surface area (Å²) in [5.41, 5.74) is 1.74. The number of ketones is 1. The number of carbonyl (C=O) groups is 2. The molecule has 1 amide bonds. The number of carbonyl (C=O) groups excluding carboxylic acids is 2. The lowest BCUT2D eigenvalue weighted by Crippen LogP contribution is -2.30. The van der Waals surface area contributed by atoms with Crippen molar-refractivity contribution >= 4 is 40.1 Å². The van der Waals surface area contributed by atoms with E-state index in [1.807, 2.05) is 47.8 Å². The predicted molar refractivity (Wildman–Crippen MR) is 130 cm³/mol. The van der Waals surface area contributed by atoms with Crippen LogP contribution in [0.1, 0.15) is 26.2 Å². The van der Waals surface area contributed by atoms with E-state index in [-0.39, 0.29) is 11.4 Å². The van der Waals surface area contributed by atoms with Crippen LogP contribution in [0, 0.1) is 0 Å². The smallest absolute Gasteiger partial charge is 0.294 e. The van der Waals surface area contributed by atoms with Gasteiger partial charge in [0, 0.05) is 10.6 Å². The van der Waals surface area contributed by atoms with Gasteiger partial charge >= 0.3 is 0 Å². The molecule has 1 N–H and O–H groups in total. The molecule has 0 radical (unpaired) electrons. The summed E-state index contributed by atoms with van der Waals surface area (Å²) in [5.74, 6) is -0.768. The topological polar surface area (TPSA) is 66.8 Å². The van der Waals surface area contributed by atoms with Crippen molar-refractivity contribution in [1.29, 1.82) is 0 Å². The Morgan fingerprint density at radius 1 is 0.909 bits per heavy atom. The van der Waals surface area contributed by atoms with Crippen molar-refractivity contribution in [3.05, 3.63) is 116 Å². The van der Waals surface area contributed by atoms with Crippen LogP contribution in [0.5, 0.6) is 5.75 Å². The molecule has 0 saturated carbocycles. The lowest BCUT2D eigenvalue weighted by atomic mass is 10.0. The zero-order chi connectivity index (χ0) is 22.8. The summed E-state index contributed by atoms with van der Waals surface area (Å²) in [4.78, 5) is 29.1. The summed E-state index contributed by atoms with van der Waals surface area (Å²) in [6.45, 7) is 0.433. The Labute approximate surface area is 198 Å². The minimum Gasteiger partial charge on any atom is -0.503 e. The Morgan fingerprint density at radius 3 is 2.30 bits per heavy atom. The monoisotopic (exact) mass is 473 g/mol. The summed E-state index contributed by atoms with van der Waals surface area (Å²) < 4.78 is 5.85. The Balaban J connectivity index is 1.44. The third kappa shape index (κ3) is 4.08. The van der Waals surface area contributed by atoms with Gasteiger partial charge in [-0.3, -0.25) is 14.5 Å². The number of benzene rings is 2. The fraction of sp³-hybridized carbons (Fsp3) is 0.0769. The Kier molecular flexibility index (Phi) is 5.81. The highest BCUT2D eigenvalue weighted by Crippen LogP contribution is 2.43. The van der Waals surface area contributed by atoms with E-state index in [4.69, 9.17) is 4.74 Å². The molecule has 7 heteroatoms. The van der Waals surface area contributed by atoms with E-state index in [2.05, 4.69) is 0 Å². The van der Waals surface area contributed by atoms with Gasteiger partial charge in [0.25, 0.3) is 5.91 Å². The van der Waals surface area contributed by atoms with Crippen LogP contribution in [0.3, 0.4) is 0 Å². The van der Waals surface area contributed by atoms with E-state index in [1.54, 1.807) is 41.8 Å². The number of anilines is 1. The lowest BCUT2D eigenvalue weighted by Gasteiger charge is -2.25. The quantitative estimate of drug-likeness (QED) is 0.326. The molecule has 3 heterocycles. The van der Waals surface area contributed by atoms with Crippen LogP contribution in [-0.4, -0.2) is 16.8 Å². The Hall–Kier alpha value is -3.68. The first-order valence-electron chi connectivity index (χ1n) is 10.3. The van der Waals surface area contributed by atoms with Crippen LogP contribution in [0.25, 0.3) is 0 Å². The lowest BCUT2D eigenvalue weighted by molar-refractivity contribution is -0.117. The van der Waals surface area contributed by atoms with Gasteiger partial charge in [-0.05, 0) is 52.7 Å². The van der Waals surface area contributed by atoms with Crippen molar-refractivity contribution in [1.82, 2.24) is 0 Å². The molecule has 5 rings (SSSR count). The van der Waals surface area contributed by atoms with E-state index in [0.717, 1.165) is 10.4 Å². The predicted octanol–water partition coefficient (Wildman–Crippen LogP) is 6.17. The molecule has 0 saturated heterocycles. The molecule has 1 aliphatic heterocycles. The van der Waals surface area contributed by atoms with Gasteiger partial charge in [-0.2, -0.15) is 0 Å². The van der Waals surface area contributed by atoms with Gasteiger partial charge in [0.05, 0.1) is 10.5 Å². The Morgan fingerprint density at radius 2 is 1.64 bits per heavy atom. The summed E-state index contributed by atoms with van der Waals surface area (Å²) in [6.07, 6.45) is 0. The van der Waals surface area contributed by atoms with Crippen molar-refractivity contribution in [2.75, 3.05) is 4.90 Å². The third-order valence-electron chi connectivity index (χ3n) is 5.37. The van der Waals surface area contributed by atoms with E-state index in [0.29, 0.717) is 22.9 Å². The second-order valence-electron chi connectivity index (χ2n) is 7.43. The highest BCUT2D eigenvalue weighted by Gasteiger charge is 2.45. The van der Waals surface area contributed by atoms with Crippen LogP contribution in [0.15, 0.2) is 101 Å². The zero-order valence-corrected chi connectivity index (χ0v) is 19.0. The van der Waals surface area contributed by atoms with Gasteiger partial charge in [-0.15, -0.1) is 22.7 Å². The van der Waals surface area contributed by atoms with Crippen molar-refractivity contribution in [2.45, 2.75) is 12.6 Å². The van der Waals surface area contributed by atoms with Crippen molar-refractivity contribution in [2.24, 2.45) is 0 Å². The van der Waals surface area contributed by atoms with Crippen molar-refractivity contribution in [3.63, 3.8) is 0 Å². The fourth-order valence-electron chi connectivity index (χ4n) is 3.80. The molecule has 0 aliphatic carbocycles. The van der Waals surface area contributed by atoms with Gasteiger partial charge in [0.15, 0.2) is 5.76 Å². The minimum absolute atomic E-state index is 0.106. The maximum Gasteiger partial charge on any atom is 0.294 e. The number of nitrogens with zero attached hydrogens (tertiary/aromatic N) is 1. The number of hydrogen-bond donors (Lipinski definition) is 1. The van der Waals surface area contributed by atoms with Crippen LogP contribution >= 0.6 is 22.7 Å². The highest BCUT2D eigenvalue weighted by molar-refractivity contribution is 7.12. The number of thiophene rings is 2. The molecule has 1 aliphatic rings. The van der Waals surface area contributed by atoms with Crippen LogP contribution in [0.4, 0.5) is 5.69 Å². The zero-order valence-electron chi connectivity index (χ0n) is 17.4. The summed E-state index contributed by atoms with van der Waals surface area (Å²) in [7, 11) is 0. The van der Waals surface area contributed by atoms with E-state index >= 15 is 0 Å². The fourth-order valence-corrected chi connectivity index (χ4v) is 5.31. The largest absolute Gasteiger partial charge is 0.503 e. The second kappa shape index (κ2) is 9.05. The first-order valence-corrected chi connectivity index (χ1v) is 12.0. The Bertz CT molecular complexity index is 1290. The molecule has 1 unspecified atom stereocenters. The van der Waals surface area contributed by atoms with Crippen LogP contribution in [0.2, 0.25) is 0 Å². The molecule has 33 heavy (non-hydrogen) atoms. The minimum atomic E-state index is -0.691. The molecule has 0 fully saturated rings. The van der Waals surface area contributed by atoms with Gasteiger partial charge in [-0.1, -0.05) is 42.5 Å². The highest BCUT2D eigenvalue weighted by atomic mass is 32.1. The maximum absolute atomic E-state index is 13.2. The average Bonchev–Trinajstić information content (AvgIpc) is 3.61. The molecule has 2 aromatic carbocycles. The summed E-state index contributed by atoms with van der Waals surface area (Å²) in [6, 6.07) is 23.5. The number of aliphatic hydroxyl groups excluding tert-OH is 1. The SMILES string of the molecule is O=C(C1=C(O)C(=O)N(c2ccc(OCc3ccccc3)cc2)C1c1cccs1)c1cccs1. The molecule has 0 bridgehead atoms. The number of ether oxygens (including phenoxy) is 1. The molecule has 164 valence electrons. The first kappa shape index (κ1) is 21.2. The molecule has 4 aromatic rings. The number of rotatable bonds is 7. The molecule has 1 atom stereocenters. The van der Waals surface area contributed by atoms with E-state index in [1.165, 1.54) is 27.6 Å². The number of hydrogen-bond acceptors (Lipinski definition) is 6. The average molecular weight is 474 g/mol. The number of amides is 1. The first-order chi connectivity index (χ1) is 16.1. The van der Waals surface area contributed by atoms with E-state index < -0.39 is 17.7 Å².